The van der Waals surface area contributed by atoms with Crippen molar-refractivity contribution in [2.75, 3.05) is 13.7 Å². The van der Waals surface area contributed by atoms with Crippen molar-refractivity contribution in [3.63, 3.8) is 0 Å². The Bertz CT molecular complexity index is 756. The largest absolute Gasteiger partial charge is 0.495 e. The Morgan fingerprint density at radius 3 is 2.88 bits per heavy atom. The predicted molar refractivity (Wildman–Crippen MR) is 88.0 cm³/mol. The lowest BCUT2D eigenvalue weighted by atomic mass is 10.0. The maximum absolute atomic E-state index is 14.2. The molecule has 0 aromatic heterocycles. The number of hydrogen-bond donors (Lipinski definition) is 0. The van der Waals surface area contributed by atoms with Gasteiger partial charge in [-0.2, -0.15) is 5.26 Å². The number of halogens is 2. The number of para-hydroxylation sites is 1. The van der Waals surface area contributed by atoms with Crippen LogP contribution in [0.5, 0.6) is 5.75 Å². The number of ether oxygens (including phenoxy) is 1. The first-order valence-electron chi connectivity index (χ1n) is 8.26. The predicted octanol–water partition coefficient (Wildman–Crippen LogP) is 3.52. The first kappa shape index (κ1) is 17.4. The normalized spacial score (nSPS) is 25.6. The minimum Gasteiger partial charge on any atom is -0.495 e. The highest BCUT2D eigenvalue weighted by atomic mass is 19.3. The van der Waals surface area contributed by atoms with Crippen LogP contribution in [0.4, 0.5) is 8.78 Å². The number of carbonyl (C=O) groups excluding carboxylic acids is 1. The van der Waals surface area contributed by atoms with Crippen LogP contribution in [-0.2, 0) is 11.3 Å². The van der Waals surface area contributed by atoms with Gasteiger partial charge in [0, 0.05) is 24.6 Å². The van der Waals surface area contributed by atoms with Crippen LogP contribution in [0, 0.1) is 22.7 Å². The van der Waals surface area contributed by atoms with Gasteiger partial charge in [0.25, 0.3) is 5.92 Å². The second-order valence-corrected chi connectivity index (χ2v) is 6.73. The molecule has 0 heterocycles. The molecule has 2 saturated carbocycles. The van der Waals surface area contributed by atoms with E-state index in [0.717, 1.165) is 12.5 Å². The first-order chi connectivity index (χ1) is 11.9. The summed E-state index contributed by atoms with van der Waals surface area (Å²) in [5.74, 6) is -3.36. The minimum absolute atomic E-state index is 0.00451. The van der Waals surface area contributed by atoms with Crippen molar-refractivity contribution >= 4 is 5.91 Å². The molecule has 2 fully saturated rings. The molecule has 25 heavy (non-hydrogen) atoms. The van der Waals surface area contributed by atoms with Crippen LogP contribution in [0.1, 0.15) is 30.4 Å². The number of fused-ring (bicyclic) bond motifs is 1. The van der Waals surface area contributed by atoms with E-state index in [1.54, 1.807) is 18.2 Å². The number of benzene rings is 1. The molecule has 6 heteroatoms. The Kier molecular flexibility index (Phi) is 4.28. The van der Waals surface area contributed by atoms with Crippen LogP contribution < -0.4 is 4.74 Å². The van der Waals surface area contributed by atoms with Gasteiger partial charge >= 0.3 is 0 Å². The van der Waals surface area contributed by atoms with Gasteiger partial charge in [-0.15, -0.1) is 0 Å². The highest BCUT2D eigenvalue weighted by molar-refractivity contribution is 5.87. The highest BCUT2D eigenvalue weighted by Crippen LogP contribution is 2.74. The number of nitriles is 1. The van der Waals surface area contributed by atoms with Crippen LogP contribution in [0.2, 0.25) is 0 Å². The minimum atomic E-state index is -2.70. The van der Waals surface area contributed by atoms with E-state index in [2.05, 4.69) is 6.58 Å². The average Bonchev–Trinajstić information content (AvgIpc) is 2.93. The summed E-state index contributed by atoms with van der Waals surface area (Å²) in [4.78, 5) is 13.7. The molecule has 132 valence electrons. The van der Waals surface area contributed by atoms with Gasteiger partial charge in [0.05, 0.1) is 18.1 Å². The molecule has 1 amide bonds. The fraction of sp³-hybridized carbons (Fsp3) is 0.474. The molecule has 1 aromatic rings. The van der Waals surface area contributed by atoms with Crippen LogP contribution in [0.3, 0.4) is 0 Å². The summed E-state index contributed by atoms with van der Waals surface area (Å²) < 4.78 is 33.7. The lowest BCUT2D eigenvalue weighted by Crippen LogP contribution is -2.36. The molecule has 0 bridgehead atoms. The van der Waals surface area contributed by atoms with Gasteiger partial charge in [0.2, 0.25) is 5.91 Å². The third kappa shape index (κ3) is 2.58. The Labute approximate surface area is 145 Å². The molecule has 2 aliphatic carbocycles. The van der Waals surface area contributed by atoms with Crippen molar-refractivity contribution in [3.05, 3.63) is 42.0 Å². The third-order valence-corrected chi connectivity index (χ3v) is 5.54. The molecular formula is C19H20F2N2O2. The van der Waals surface area contributed by atoms with E-state index in [1.165, 1.54) is 12.0 Å². The molecule has 2 unspecified atom stereocenters. The Hall–Kier alpha value is -2.42. The zero-order chi connectivity index (χ0) is 18.2. The quantitative estimate of drug-likeness (QED) is 0.741. The van der Waals surface area contributed by atoms with Gasteiger partial charge < -0.3 is 9.64 Å². The Morgan fingerprint density at radius 1 is 1.56 bits per heavy atom. The maximum atomic E-state index is 14.2. The molecule has 2 aliphatic rings. The number of amides is 1. The SMILES string of the molecule is C=CC(=O)N(Cc1cccc(C#N)c1OC)CC12CCCC1C2(F)F. The van der Waals surface area contributed by atoms with E-state index >= 15 is 0 Å². The Balaban J connectivity index is 1.88. The molecule has 0 spiro atoms. The molecular weight excluding hydrogens is 326 g/mol. The Morgan fingerprint density at radius 2 is 2.32 bits per heavy atom. The maximum Gasteiger partial charge on any atom is 0.259 e. The molecule has 0 saturated heterocycles. The van der Waals surface area contributed by atoms with Crippen molar-refractivity contribution < 1.29 is 18.3 Å². The smallest absolute Gasteiger partial charge is 0.259 e. The monoisotopic (exact) mass is 346 g/mol. The summed E-state index contributed by atoms with van der Waals surface area (Å²) in [6.45, 7) is 3.59. The van der Waals surface area contributed by atoms with E-state index in [9.17, 15) is 18.8 Å². The van der Waals surface area contributed by atoms with Crippen LogP contribution in [0.15, 0.2) is 30.9 Å². The van der Waals surface area contributed by atoms with Crippen molar-refractivity contribution in [3.8, 4) is 11.8 Å². The highest BCUT2D eigenvalue weighted by Gasteiger charge is 2.81. The zero-order valence-corrected chi connectivity index (χ0v) is 14.1. The van der Waals surface area contributed by atoms with Gasteiger partial charge in [-0.3, -0.25) is 4.79 Å². The number of rotatable bonds is 6. The third-order valence-electron chi connectivity index (χ3n) is 5.54. The van der Waals surface area contributed by atoms with Crippen LogP contribution >= 0.6 is 0 Å². The number of nitrogens with zero attached hydrogens (tertiary/aromatic N) is 2. The summed E-state index contributed by atoms with van der Waals surface area (Å²) in [6, 6.07) is 7.07. The molecule has 0 radical (unpaired) electrons. The van der Waals surface area contributed by atoms with Gasteiger partial charge in [-0.1, -0.05) is 25.1 Å². The molecule has 2 atom stereocenters. The first-order valence-corrected chi connectivity index (χ1v) is 8.26. The van der Waals surface area contributed by atoms with E-state index < -0.39 is 23.2 Å². The number of carbonyl (C=O) groups is 1. The number of hydrogen-bond acceptors (Lipinski definition) is 3. The summed E-state index contributed by atoms with van der Waals surface area (Å²) in [6.07, 6.45) is 2.85. The summed E-state index contributed by atoms with van der Waals surface area (Å²) >= 11 is 0. The van der Waals surface area contributed by atoms with Gasteiger partial charge in [0.1, 0.15) is 11.8 Å². The molecule has 0 aliphatic heterocycles. The molecule has 4 nitrogen and oxygen atoms in total. The van der Waals surface area contributed by atoms with Crippen molar-refractivity contribution in [2.24, 2.45) is 11.3 Å². The van der Waals surface area contributed by atoms with Gasteiger partial charge in [-0.05, 0) is 25.0 Å². The summed E-state index contributed by atoms with van der Waals surface area (Å²) in [7, 11) is 1.44. The standard InChI is InChI=1S/C19H20F2N2O2/c1-3-16(24)23(12-18-9-5-8-15(18)19(18,20)21)11-14-7-4-6-13(10-22)17(14)25-2/h3-4,6-7,15H,1,5,8-9,11-12H2,2H3. The second-order valence-electron chi connectivity index (χ2n) is 6.73. The van der Waals surface area contributed by atoms with Gasteiger partial charge in [-0.25, -0.2) is 8.78 Å². The van der Waals surface area contributed by atoms with Crippen LogP contribution in [-0.4, -0.2) is 30.4 Å². The number of alkyl halides is 2. The van der Waals surface area contributed by atoms with E-state index in [0.29, 0.717) is 29.7 Å². The van der Waals surface area contributed by atoms with Crippen molar-refractivity contribution in [2.45, 2.75) is 31.7 Å². The van der Waals surface area contributed by atoms with E-state index in [-0.39, 0.29) is 13.1 Å². The zero-order valence-electron chi connectivity index (χ0n) is 14.1. The lowest BCUT2D eigenvalue weighted by Gasteiger charge is -2.27. The van der Waals surface area contributed by atoms with Crippen molar-refractivity contribution in [1.29, 1.82) is 5.26 Å². The second kappa shape index (κ2) is 6.14. The molecule has 3 rings (SSSR count). The number of methoxy groups -OCH3 is 1. The van der Waals surface area contributed by atoms with Crippen LogP contribution in [0.25, 0.3) is 0 Å². The summed E-state index contributed by atoms with van der Waals surface area (Å²) in [5, 5.41) is 9.18. The fourth-order valence-corrected chi connectivity index (χ4v) is 4.23. The van der Waals surface area contributed by atoms with Gasteiger partial charge in [0.15, 0.2) is 0 Å². The summed E-state index contributed by atoms with van der Waals surface area (Å²) in [5.41, 5.74) is -0.141. The molecule has 1 aromatic carbocycles. The lowest BCUT2D eigenvalue weighted by molar-refractivity contribution is -0.128. The van der Waals surface area contributed by atoms with E-state index in [4.69, 9.17) is 4.74 Å². The van der Waals surface area contributed by atoms with Crippen molar-refractivity contribution in [1.82, 2.24) is 4.90 Å². The fourth-order valence-electron chi connectivity index (χ4n) is 4.23. The van der Waals surface area contributed by atoms with E-state index in [1.807, 2.05) is 6.07 Å². The molecule has 0 N–H and O–H groups in total. The topological polar surface area (TPSA) is 53.3 Å². The average molecular weight is 346 g/mol.